The first kappa shape index (κ1) is 12.1. The molecule has 0 aliphatic carbocycles. The van der Waals surface area contributed by atoms with E-state index in [1.54, 1.807) is 0 Å². The Morgan fingerprint density at radius 3 is 1.11 bits per heavy atom. The van der Waals surface area contributed by atoms with E-state index in [0.29, 0.717) is 0 Å². The summed E-state index contributed by atoms with van der Waals surface area (Å²) in [6.45, 7) is 0. The predicted molar refractivity (Wildman–Crippen MR) is 25.1 cm³/mol. The van der Waals surface area contributed by atoms with Crippen LogP contribution in [0.4, 0.5) is 0 Å². The summed E-state index contributed by atoms with van der Waals surface area (Å²) in [7, 11) is -4.64. The second kappa shape index (κ2) is 5.16. The molecule has 9 heteroatoms. The van der Waals surface area contributed by atoms with Gasteiger partial charge in [0.15, 0.2) is 0 Å². The zero-order valence-corrected chi connectivity index (χ0v) is 6.52. The third kappa shape index (κ3) is 2760. The zero-order valence-electron chi connectivity index (χ0n) is 3.91. The maximum absolute atomic E-state index is 8.88. The van der Waals surface area contributed by atoms with E-state index in [4.69, 9.17) is 31.5 Å². The van der Waals surface area contributed by atoms with E-state index < -0.39 is 22.3 Å². The Morgan fingerprint density at radius 2 is 1.11 bits per heavy atom. The van der Waals surface area contributed by atoms with Crippen LogP contribution in [-0.4, -0.2) is 37.6 Å². The number of hydrogen-bond acceptors (Lipinski definition) is 2. The molecule has 0 aromatic heterocycles. The van der Waals surface area contributed by atoms with Crippen molar-refractivity contribution in [2.45, 2.75) is 0 Å². The minimum absolute atomic E-state index is 3.29. The summed E-state index contributed by atoms with van der Waals surface area (Å²) in [5.74, 6) is 0. The van der Waals surface area contributed by atoms with Crippen LogP contribution < -0.4 is 0 Å². The van der Waals surface area contributed by atoms with Gasteiger partial charge < -0.3 is 14.7 Å². The zero-order chi connectivity index (χ0) is 8.08. The second-order valence-corrected chi connectivity index (χ2v) is 2.74. The molecule has 0 heterocycles. The molecule has 0 aromatic rings. The van der Waals surface area contributed by atoms with Crippen LogP contribution in [0.2, 0.25) is 0 Å². The fraction of sp³-hybridized carbons (Fsp3) is 0. The summed E-state index contributed by atoms with van der Waals surface area (Å²) in [6, 6.07) is 0. The SMILES string of the molecule is O=P(O)(O)O.O=[Se](O)O. The van der Waals surface area contributed by atoms with Gasteiger partial charge in [0.2, 0.25) is 0 Å². The van der Waals surface area contributed by atoms with Crippen molar-refractivity contribution < 1.29 is 31.5 Å². The van der Waals surface area contributed by atoms with Crippen molar-refractivity contribution in [3.05, 3.63) is 0 Å². The fourth-order valence-electron chi connectivity index (χ4n) is 0. The summed E-state index contributed by atoms with van der Waals surface area (Å²) in [4.78, 5) is 21.6. The molecule has 0 atom stereocenters. The molecule has 0 saturated carbocycles. The normalized spacial score (nSPS) is 10.4. The Morgan fingerprint density at radius 1 is 1.11 bits per heavy atom. The average molecular weight is 227 g/mol. The van der Waals surface area contributed by atoms with Crippen LogP contribution in [0.5, 0.6) is 0 Å². The van der Waals surface area contributed by atoms with Crippen LogP contribution in [0.25, 0.3) is 0 Å². The third-order valence-corrected chi connectivity index (χ3v) is 0. The number of phosphoric acid groups is 1. The van der Waals surface area contributed by atoms with E-state index in [-0.39, 0.29) is 0 Å². The quantitative estimate of drug-likeness (QED) is 0.227. The van der Waals surface area contributed by atoms with Crippen molar-refractivity contribution in [1.82, 2.24) is 0 Å². The van der Waals surface area contributed by atoms with Gasteiger partial charge in [-0.05, 0) is 0 Å². The van der Waals surface area contributed by atoms with Crippen molar-refractivity contribution >= 4 is 22.3 Å². The van der Waals surface area contributed by atoms with E-state index in [1.807, 2.05) is 0 Å². The maximum atomic E-state index is 8.88. The van der Waals surface area contributed by atoms with Gasteiger partial charge in [0, 0.05) is 0 Å². The summed E-state index contributed by atoms with van der Waals surface area (Å²) in [6.07, 6.45) is 0. The van der Waals surface area contributed by atoms with E-state index in [1.165, 1.54) is 0 Å². The monoisotopic (exact) mass is 228 g/mol. The predicted octanol–water partition coefficient (Wildman–Crippen LogP) is -2.54. The molecule has 9 heavy (non-hydrogen) atoms. The van der Waals surface area contributed by atoms with Crippen molar-refractivity contribution in [1.29, 1.82) is 0 Å². The standard InChI is InChI=1S/H3O4P.H2O3Se/c1-5(2,3)4;1-4(2)3/h(H3,1,2,3,4);(H2,1,2,3). The molecule has 7 nitrogen and oxygen atoms in total. The van der Waals surface area contributed by atoms with Gasteiger partial charge in [0.25, 0.3) is 0 Å². The summed E-state index contributed by atoms with van der Waals surface area (Å²) < 4.78 is 32.0. The number of rotatable bonds is 0. The fourth-order valence-corrected chi connectivity index (χ4v) is 0. The Bertz CT molecular complexity index is 109. The van der Waals surface area contributed by atoms with Crippen LogP contribution in [0.3, 0.4) is 0 Å². The molecule has 0 fully saturated rings. The molecule has 0 amide bonds. The van der Waals surface area contributed by atoms with Gasteiger partial charge in [-0.3, -0.25) is 0 Å². The van der Waals surface area contributed by atoms with Gasteiger partial charge in [0.1, 0.15) is 0 Å². The molecular weight excluding hydrogens is 222 g/mol. The molecule has 0 rings (SSSR count). The van der Waals surface area contributed by atoms with E-state index in [2.05, 4.69) is 0 Å². The summed E-state index contributed by atoms with van der Waals surface area (Å²) in [5, 5.41) is 0. The van der Waals surface area contributed by atoms with Crippen LogP contribution in [0, 0.1) is 0 Å². The Balaban J connectivity index is 0. The van der Waals surface area contributed by atoms with Crippen LogP contribution in [-0.2, 0) is 8.40 Å². The van der Waals surface area contributed by atoms with Gasteiger partial charge >= 0.3 is 34.5 Å². The van der Waals surface area contributed by atoms with Crippen LogP contribution >= 0.6 is 7.82 Å². The Labute approximate surface area is 54.6 Å². The molecule has 0 saturated heterocycles. The summed E-state index contributed by atoms with van der Waals surface area (Å²) >= 11 is -3.29. The second-order valence-electron chi connectivity index (χ2n) is 0.744. The van der Waals surface area contributed by atoms with Gasteiger partial charge in [0.05, 0.1) is 0 Å². The Hall–Kier alpha value is 0.349. The molecular formula is H5O7PSe. The Kier molecular flexibility index (Phi) is 6.92. The topological polar surface area (TPSA) is 135 Å². The first-order chi connectivity index (χ1) is 3.73. The molecule has 58 valence electrons. The summed E-state index contributed by atoms with van der Waals surface area (Å²) in [5.41, 5.74) is 0. The van der Waals surface area contributed by atoms with Crippen molar-refractivity contribution in [2.75, 3.05) is 0 Å². The van der Waals surface area contributed by atoms with Gasteiger partial charge in [-0.25, -0.2) is 4.57 Å². The molecule has 0 radical (unpaired) electrons. The molecule has 0 aromatic carbocycles. The van der Waals surface area contributed by atoms with E-state index in [9.17, 15) is 0 Å². The van der Waals surface area contributed by atoms with Gasteiger partial charge in [-0.1, -0.05) is 0 Å². The first-order valence-electron chi connectivity index (χ1n) is 1.31. The molecule has 0 bridgehead atoms. The molecule has 0 spiro atoms. The third-order valence-electron chi connectivity index (χ3n) is 0. The minimum atomic E-state index is -4.64. The van der Waals surface area contributed by atoms with E-state index in [0.717, 1.165) is 0 Å². The average Bonchev–Trinajstić information content (AvgIpc) is 1.19. The van der Waals surface area contributed by atoms with Crippen LogP contribution in [0.1, 0.15) is 0 Å². The molecule has 0 unspecified atom stereocenters. The number of hydrogen-bond donors (Lipinski definition) is 5. The van der Waals surface area contributed by atoms with E-state index >= 15 is 0 Å². The van der Waals surface area contributed by atoms with Crippen molar-refractivity contribution in [3.8, 4) is 0 Å². The molecule has 0 aliphatic rings. The molecule has 5 N–H and O–H groups in total. The molecule has 0 aliphatic heterocycles. The van der Waals surface area contributed by atoms with Crippen molar-refractivity contribution in [2.24, 2.45) is 0 Å². The first-order valence-corrected chi connectivity index (χ1v) is 5.11. The van der Waals surface area contributed by atoms with Gasteiger partial charge in [-0.2, -0.15) is 0 Å². The van der Waals surface area contributed by atoms with Crippen LogP contribution in [0.15, 0.2) is 0 Å². The van der Waals surface area contributed by atoms with Crippen molar-refractivity contribution in [3.63, 3.8) is 0 Å². The van der Waals surface area contributed by atoms with Gasteiger partial charge in [-0.15, -0.1) is 0 Å².